The molecule has 0 saturated carbocycles. The molecule has 1 saturated heterocycles. The summed E-state index contributed by atoms with van der Waals surface area (Å²) in [6.07, 6.45) is 0.270. The predicted octanol–water partition coefficient (Wildman–Crippen LogP) is 4.17. The lowest BCUT2D eigenvalue weighted by Crippen LogP contribution is -2.46. The molecule has 7 nitrogen and oxygen atoms in total. The van der Waals surface area contributed by atoms with Gasteiger partial charge >= 0.3 is 0 Å². The maximum Gasteiger partial charge on any atom is 0.257 e. The summed E-state index contributed by atoms with van der Waals surface area (Å²) in [6, 6.07) is 16.7. The van der Waals surface area contributed by atoms with Crippen molar-refractivity contribution in [1.29, 1.82) is 0 Å². The Kier molecular flexibility index (Phi) is 7.33. The maximum absolute atomic E-state index is 13.6. The molecule has 3 aromatic rings. The van der Waals surface area contributed by atoms with Crippen LogP contribution >= 0.6 is 0 Å². The number of hydrogen-bond donors (Lipinski definition) is 0. The average Bonchev–Trinajstić information content (AvgIpc) is 3.17. The Balaban J connectivity index is 1.64. The number of hydrogen-bond acceptors (Lipinski definition) is 5. The molecule has 1 heterocycles. The molecule has 1 aliphatic rings. The van der Waals surface area contributed by atoms with Crippen LogP contribution in [-0.2, 0) is 16.0 Å². The van der Waals surface area contributed by atoms with Crippen LogP contribution in [-0.4, -0.2) is 49.4 Å². The van der Waals surface area contributed by atoms with Gasteiger partial charge in [-0.3, -0.25) is 14.4 Å². The van der Waals surface area contributed by atoms with Gasteiger partial charge in [0, 0.05) is 12.1 Å². The van der Waals surface area contributed by atoms with Crippen LogP contribution in [0.3, 0.4) is 0 Å². The molecule has 1 unspecified atom stereocenters. The standard InChI is InChI=1S/C28H27FN2O5/c1-18-5-4-6-20(15-18)27(33)30(14-13-19-7-12-24(35-2)25(16-19)36-3)23-17-26(32)31(28(23)34)22-10-8-21(29)9-11-22/h4-12,15-16,23H,13-14,17H2,1-3H3. The number of carbonyl (C=O) groups excluding carboxylic acids is 3. The highest BCUT2D eigenvalue weighted by Crippen LogP contribution is 2.30. The molecular weight excluding hydrogens is 463 g/mol. The lowest BCUT2D eigenvalue weighted by Gasteiger charge is -2.28. The molecule has 0 bridgehead atoms. The minimum absolute atomic E-state index is 0.153. The van der Waals surface area contributed by atoms with Crippen LogP contribution in [0.2, 0.25) is 0 Å². The molecule has 0 spiro atoms. The van der Waals surface area contributed by atoms with E-state index in [9.17, 15) is 18.8 Å². The second-order valence-corrected chi connectivity index (χ2v) is 8.57. The zero-order chi connectivity index (χ0) is 25.8. The van der Waals surface area contributed by atoms with Crippen LogP contribution in [0.15, 0.2) is 66.7 Å². The first-order valence-electron chi connectivity index (χ1n) is 11.5. The second-order valence-electron chi connectivity index (χ2n) is 8.57. The first-order valence-corrected chi connectivity index (χ1v) is 11.5. The topological polar surface area (TPSA) is 76.2 Å². The number of nitrogens with zero attached hydrogens (tertiary/aromatic N) is 2. The third-order valence-electron chi connectivity index (χ3n) is 6.20. The number of benzene rings is 3. The van der Waals surface area contributed by atoms with E-state index >= 15 is 0 Å². The van der Waals surface area contributed by atoms with Gasteiger partial charge in [-0.05, 0) is 67.4 Å². The van der Waals surface area contributed by atoms with Crippen molar-refractivity contribution < 1.29 is 28.2 Å². The molecule has 3 aromatic carbocycles. The van der Waals surface area contributed by atoms with Crippen molar-refractivity contribution in [3.05, 3.63) is 89.2 Å². The first kappa shape index (κ1) is 24.9. The minimum Gasteiger partial charge on any atom is -0.493 e. The lowest BCUT2D eigenvalue weighted by atomic mass is 10.1. The van der Waals surface area contributed by atoms with E-state index in [0.717, 1.165) is 16.0 Å². The molecule has 1 aliphatic heterocycles. The molecule has 0 aliphatic carbocycles. The number of carbonyl (C=O) groups is 3. The van der Waals surface area contributed by atoms with Gasteiger partial charge in [0.15, 0.2) is 11.5 Å². The van der Waals surface area contributed by atoms with Gasteiger partial charge in [0.2, 0.25) is 5.91 Å². The fourth-order valence-corrected chi connectivity index (χ4v) is 4.35. The summed E-state index contributed by atoms with van der Waals surface area (Å²) in [5.74, 6) is -0.627. The van der Waals surface area contributed by atoms with E-state index in [1.165, 1.54) is 29.2 Å². The second kappa shape index (κ2) is 10.6. The van der Waals surface area contributed by atoms with Gasteiger partial charge < -0.3 is 14.4 Å². The van der Waals surface area contributed by atoms with Crippen LogP contribution in [0.5, 0.6) is 11.5 Å². The molecular formula is C28H27FN2O5. The highest BCUT2D eigenvalue weighted by Gasteiger charge is 2.44. The van der Waals surface area contributed by atoms with E-state index in [2.05, 4.69) is 0 Å². The number of methoxy groups -OCH3 is 2. The number of ether oxygens (including phenoxy) is 2. The number of imide groups is 1. The fraction of sp³-hybridized carbons (Fsp3) is 0.250. The van der Waals surface area contributed by atoms with E-state index in [0.29, 0.717) is 23.5 Å². The molecule has 0 radical (unpaired) electrons. The first-order chi connectivity index (χ1) is 17.3. The Morgan fingerprint density at radius 3 is 2.39 bits per heavy atom. The summed E-state index contributed by atoms with van der Waals surface area (Å²) in [7, 11) is 3.09. The Bertz CT molecular complexity index is 1290. The van der Waals surface area contributed by atoms with Crippen molar-refractivity contribution in [2.24, 2.45) is 0 Å². The number of amides is 3. The molecule has 1 atom stereocenters. The largest absolute Gasteiger partial charge is 0.493 e. The van der Waals surface area contributed by atoms with Gasteiger partial charge in [-0.25, -0.2) is 9.29 Å². The van der Waals surface area contributed by atoms with Gasteiger partial charge in [-0.2, -0.15) is 0 Å². The summed E-state index contributed by atoms with van der Waals surface area (Å²) >= 11 is 0. The highest BCUT2D eigenvalue weighted by atomic mass is 19.1. The van der Waals surface area contributed by atoms with Crippen LogP contribution in [0, 0.1) is 12.7 Å². The Morgan fingerprint density at radius 2 is 1.72 bits per heavy atom. The fourth-order valence-electron chi connectivity index (χ4n) is 4.35. The van der Waals surface area contributed by atoms with Crippen molar-refractivity contribution in [1.82, 2.24) is 4.90 Å². The summed E-state index contributed by atoms with van der Waals surface area (Å²) < 4.78 is 24.1. The number of anilines is 1. The van der Waals surface area contributed by atoms with E-state index in [4.69, 9.17) is 9.47 Å². The molecule has 186 valence electrons. The molecule has 4 rings (SSSR count). The quantitative estimate of drug-likeness (QED) is 0.443. The molecule has 8 heteroatoms. The van der Waals surface area contributed by atoms with E-state index in [1.807, 2.05) is 25.1 Å². The highest BCUT2D eigenvalue weighted by molar-refractivity contribution is 6.23. The van der Waals surface area contributed by atoms with Crippen LogP contribution in [0.1, 0.15) is 27.9 Å². The summed E-state index contributed by atoms with van der Waals surface area (Å²) in [4.78, 5) is 42.4. The summed E-state index contributed by atoms with van der Waals surface area (Å²) in [5.41, 5.74) is 2.49. The molecule has 0 N–H and O–H groups in total. The molecule has 36 heavy (non-hydrogen) atoms. The Morgan fingerprint density at radius 1 is 1.00 bits per heavy atom. The van der Waals surface area contributed by atoms with Crippen LogP contribution < -0.4 is 14.4 Å². The maximum atomic E-state index is 13.6. The molecule has 1 fully saturated rings. The van der Waals surface area contributed by atoms with Crippen molar-refractivity contribution >= 4 is 23.4 Å². The monoisotopic (exact) mass is 490 g/mol. The smallest absolute Gasteiger partial charge is 0.257 e. The normalized spacial score (nSPS) is 15.2. The van der Waals surface area contributed by atoms with Crippen molar-refractivity contribution in [3.8, 4) is 11.5 Å². The van der Waals surface area contributed by atoms with E-state index in [1.54, 1.807) is 38.5 Å². The van der Waals surface area contributed by atoms with Crippen molar-refractivity contribution in [2.45, 2.75) is 25.8 Å². The third kappa shape index (κ3) is 5.07. The van der Waals surface area contributed by atoms with Crippen molar-refractivity contribution in [3.63, 3.8) is 0 Å². The predicted molar refractivity (Wildman–Crippen MR) is 133 cm³/mol. The van der Waals surface area contributed by atoms with Crippen molar-refractivity contribution in [2.75, 3.05) is 25.7 Å². The lowest BCUT2D eigenvalue weighted by molar-refractivity contribution is -0.122. The number of aryl methyl sites for hydroxylation is 1. The van der Waals surface area contributed by atoms with Gasteiger partial charge in [0.25, 0.3) is 11.8 Å². The number of halogens is 1. The molecule has 3 amide bonds. The van der Waals surface area contributed by atoms with Crippen LogP contribution in [0.4, 0.5) is 10.1 Å². The Labute approximate surface area is 209 Å². The SMILES string of the molecule is COc1ccc(CCN(C(=O)c2cccc(C)c2)C2CC(=O)N(c3ccc(F)cc3)C2=O)cc1OC. The zero-order valence-electron chi connectivity index (χ0n) is 20.4. The molecule has 0 aromatic heterocycles. The van der Waals surface area contributed by atoms with Gasteiger partial charge in [0.1, 0.15) is 11.9 Å². The van der Waals surface area contributed by atoms with Gasteiger partial charge in [-0.1, -0.05) is 23.8 Å². The number of rotatable bonds is 8. The third-order valence-corrected chi connectivity index (χ3v) is 6.20. The van der Waals surface area contributed by atoms with E-state index < -0.39 is 23.7 Å². The van der Waals surface area contributed by atoms with Crippen LogP contribution in [0.25, 0.3) is 0 Å². The minimum atomic E-state index is -0.976. The summed E-state index contributed by atoms with van der Waals surface area (Å²) in [6.45, 7) is 2.08. The average molecular weight is 491 g/mol. The van der Waals surface area contributed by atoms with Gasteiger partial charge in [0.05, 0.1) is 26.3 Å². The zero-order valence-corrected chi connectivity index (χ0v) is 20.4. The summed E-state index contributed by atoms with van der Waals surface area (Å²) in [5, 5.41) is 0. The van der Waals surface area contributed by atoms with Gasteiger partial charge in [-0.15, -0.1) is 0 Å². The Hall–Kier alpha value is -4.20. The van der Waals surface area contributed by atoms with E-state index in [-0.39, 0.29) is 24.6 Å².